The normalized spacial score (nSPS) is 13.9. The summed E-state index contributed by atoms with van der Waals surface area (Å²) in [4.78, 5) is 8.61. The molecule has 1 aliphatic heterocycles. The number of hydrogen-bond acceptors (Lipinski definition) is 5. The monoisotopic (exact) mass is 257 g/mol. The van der Waals surface area contributed by atoms with Crippen molar-refractivity contribution in [3.8, 4) is 22.9 Å². The Balaban J connectivity index is 1.94. The van der Waals surface area contributed by atoms with Crippen LogP contribution in [0.25, 0.3) is 11.4 Å². The number of nitrogens with two attached hydrogens (primary N) is 1. The molecular formula is C14H15N3O2. The summed E-state index contributed by atoms with van der Waals surface area (Å²) in [6, 6.07) is 5.75. The van der Waals surface area contributed by atoms with Gasteiger partial charge in [-0.05, 0) is 18.2 Å². The van der Waals surface area contributed by atoms with E-state index in [1.807, 2.05) is 18.2 Å². The highest BCUT2D eigenvalue weighted by Crippen LogP contribution is 2.33. The van der Waals surface area contributed by atoms with E-state index < -0.39 is 0 Å². The molecule has 3 rings (SSSR count). The van der Waals surface area contributed by atoms with E-state index in [1.54, 1.807) is 12.4 Å². The highest BCUT2D eigenvalue weighted by Gasteiger charge is 2.12. The van der Waals surface area contributed by atoms with Crippen LogP contribution in [-0.4, -0.2) is 23.2 Å². The molecule has 0 fully saturated rings. The fraction of sp³-hybridized carbons (Fsp3) is 0.286. The Morgan fingerprint density at radius 2 is 1.79 bits per heavy atom. The van der Waals surface area contributed by atoms with Crippen molar-refractivity contribution in [3.05, 3.63) is 36.2 Å². The Bertz CT molecular complexity index is 569. The lowest BCUT2D eigenvalue weighted by atomic mass is 10.2. The van der Waals surface area contributed by atoms with Crippen LogP contribution in [0.2, 0.25) is 0 Å². The van der Waals surface area contributed by atoms with E-state index in [9.17, 15) is 0 Å². The van der Waals surface area contributed by atoms with Gasteiger partial charge in [0.15, 0.2) is 17.3 Å². The van der Waals surface area contributed by atoms with Crippen LogP contribution < -0.4 is 15.2 Å². The number of ether oxygens (including phenoxy) is 2. The average Bonchev–Trinajstić information content (AvgIpc) is 2.72. The Hall–Kier alpha value is -2.14. The number of fused-ring (bicyclic) bond motifs is 1. The predicted molar refractivity (Wildman–Crippen MR) is 71.0 cm³/mol. The highest BCUT2D eigenvalue weighted by atomic mass is 16.5. The molecule has 0 bridgehead atoms. The Morgan fingerprint density at radius 3 is 2.53 bits per heavy atom. The second-order valence-electron chi connectivity index (χ2n) is 4.33. The van der Waals surface area contributed by atoms with Crippen LogP contribution in [-0.2, 0) is 6.54 Å². The molecule has 98 valence electrons. The third-order valence-corrected chi connectivity index (χ3v) is 2.95. The van der Waals surface area contributed by atoms with Gasteiger partial charge in [0.2, 0.25) is 0 Å². The topological polar surface area (TPSA) is 70.3 Å². The van der Waals surface area contributed by atoms with Gasteiger partial charge in [-0.15, -0.1) is 0 Å². The lowest BCUT2D eigenvalue weighted by Crippen LogP contribution is -1.99. The van der Waals surface area contributed by atoms with Gasteiger partial charge >= 0.3 is 0 Å². The molecule has 2 heterocycles. The maximum atomic E-state index is 5.65. The minimum Gasteiger partial charge on any atom is -0.490 e. The van der Waals surface area contributed by atoms with Gasteiger partial charge in [0.05, 0.1) is 13.2 Å². The summed E-state index contributed by atoms with van der Waals surface area (Å²) in [6.45, 7) is 1.80. The van der Waals surface area contributed by atoms with Gasteiger partial charge in [0, 0.05) is 36.5 Å². The number of nitrogens with zero attached hydrogens (tertiary/aromatic N) is 2. The zero-order valence-corrected chi connectivity index (χ0v) is 10.5. The van der Waals surface area contributed by atoms with Crippen molar-refractivity contribution < 1.29 is 9.47 Å². The van der Waals surface area contributed by atoms with Crippen molar-refractivity contribution >= 4 is 0 Å². The average molecular weight is 257 g/mol. The Labute approximate surface area is 111 Å². The van der Waals surface area contributed by atoms with Crippen molar-refractivity contribution in [1.29, 1.82) is 0 Å². The molecule has 2 N–H and O–H groups in total. The minimum atomic E-state index is 0.446. The molecule has 0 aliphatic carbocycles. The third-order valence-electron chi connectivity index (χ3n) is 2.95. The summed E-state index contributed by atoms with van der Waals surface area (Å²) in [5.41, 5.74) is 7.36. The van der Waals surface area contributed by atoms with E-state index in [0.717, 1.165) is 29.0 Å². The van der Waals surface area contributed by atoms with Gasteiger partial charge in [-0.1, -0.05) is 0 Å². The van der Waals surface area contributed by atoms with Crippen LogP contribution in [0.15, 0.2) is 30.6 Å². The summed E-state index contributed by atoms with van der Waals surface area (Å²) in [6.07, 6.45) is 4.38. The standard InChI is InChI=1S/C14H15N3O2/c15-7-10-8-16-14(17-9-10)11-2-3-12-13(6-11)19-5-1-4-18-12/h2-3,6,8-9H,1,4-5,7,15H2. The van der Waals surface area contributed by atoms with Crippen molar-refractivity contribution in [2.45, 2.75) is 13.0 Å². The smallest absolute Gasteiger partial charge is 0.161 e. The van der Waals surface area contributed by atoms with Crippen LogP contribution in [0.5, 0.6) is 11.5 Å². The zero-order valence-electron chi connectivity index (χ0n) is 10.5. The molecule has 1 aromatic heterocycles. The SMILES string of the molecule is NCc1cnc(-c2ccc3c(c2)OCCCO3)nc1. The molecule has 0 saturated heterocycles. The molecule has 2 aromatic rings. The van der Waals surface area contributed by atoms with Crippen molar-refractivity contribution in [1.82, 2.24) is 9.97 Å². The predicted octanol–water partition coefficient (Wildman–Crippen LogP) is 1.76. The largest absolute Gasteiger partial charge is 0.490 e. The van der Waals surface area contributed by atoms with E-state index in [1.165, 1.54) is 0 Å². The summed E-state index contributed by atoms with van der Waals surface area (Å²) in [5, 5.41) is 0. The molecule has 1 aromatic carbocycles. The lowest BCUT2D eigenvalue weighted by Gasteiger charge is -2.08. The number of rotatable bonds is 2. The first kappa shape index (κ1) is 11.9. The van der Waals surface area contributed by atoms with Crippen LogP contribution in [0.3, 0.4) is 0 Å². The lowest BCUT2D eigenvalue weighted by molar-refractivity contribution is 0.297. The molecule has 19 heavy (non-hydrogen) atoms. The maximum absolute atomic E-state index is 5.65. The van der Waals surface area contributed by atoms with E-state index >= 15 is 0 Å². The quantitative estimate of drug-likeness (QED) is 0.887. The first-order valence-corrected chi connectivity index (χ1v) is 6.28. The second kappa shape index (κ2) is 5.24. The summed E-state index contributed by atoms with van der Waals surface area (Å²) < 4.78 is 11.2. The van der Waals surface area contributed by atoms with Crippen LogP contribution in [0.1, 0.15) is 12.0 Å². The van der Waals surface area contributed by atoms with Gasteiger partial charge < -0.3 is 15.2 Å². The molecule has 0 amide bonds. The molecule has 0 spiro atoms. The van der Waals surface area contributed by atoms with Crippen molar-refractivity contribution in [2.75, 3.05) is 13.2 Å². The maximum Gasteiger partial charge on any atom is 0.161 e. The first-order valence-electron chi connectivity index (χ1n) is 6.28. The number of benzene rings is 1. The Kier molecular flexibility index (Phi) is 3.29. The zero-order chi connectivity index (χ0) is 13.1. The van der Waals surface area contributed by atoms with E-state index in [2.05, 4.69) is 9.97 Å². The molecule has 5 heteroatoms. The van der Waals surface area contributed by atoms with Crippen LogP contribution in [0, 0.1) is 0 Å². The van der Waals surface area contributed by atoms with Gasteiger partial charge in [0.1, 0.15) is 0 Å². The second-order valence-corrected chi connectivity index (χ2v) is 4.33. The fourth-order valence-electron chi connectivity index (χ4n) is 1.91. The van der Waals surface area contributed by atoms with Gasteiger partial charge in [-0.3, -0.25) is 0 Å². The third kappa shape index (κ3) is 2.51. The van der Waals surface area contributed by atoms with Crippen molar-refractivity contribution in [2.24, 2.45) is 5.73 Å². The van der Waals surface area contributed by atoms with Gasteiger partial charge in [-0.2, -0.15) is 0 Å². The minimum absolute atomic E-state index is 0.446. The van der Waals surface area contributed by atoms with E-state index in [4.69, 9.17) is 15.2 Å². The van der Waals surface area contributed by atoms with Crippen molar-refractivity contribution in [3.63, 3.8) is 0 Å². The molecule has 0 atom stereocenters. The van der Waals surface area contributed by atoms with Crippen LogP contribution >= 0.6 is 0 Å². The molecule has 0 saturated carbocycles. The highest BCUT2D eigenvalue weighted by molar-refractivity contribution is 5.61. The van der Waals surface area contributed by atoms with E-state index in [-0.39, 0.29) is 0 Å². The molecule has 0 radical (unpaired) electrons. The summed E-state index contributed by atoms with van der Waals surface area (Å²) >= 11 is 0. The number of hydrogen-bond donors (Lipinski definition) is 1. The van der Waals surface area contributed by atoms with Gasteiger partial charge in [0.25, 0.3) is 0 Å². The molecular weight excluding hydrogens is 242 g/mol. The van der Waals surface area contributed by atoms with E-state index in [0.29, 0.717) is 25.6 Å². The van der Waals surface area contributed by atoms with Crippen LogP contribution in [0.4, 0.5) is 0 Å². The molecule has 0 unspecified atom stereocenters. The fourth-order valence-corrected chi connectivity index (χ4v) is 1.91. The summed E-state index contributed by atoms with van der Waals surface area (Å²) in [7, 11) is 0. The summed E-state index contributed by atoms with van der Waals surface area (Å²) in [5.74, 6) is 2.19. The Morgan fingerprint density at radius 1 is 1.05 bits per heavy atom. The first-order chi connectivity index (χ1) is 9.36. The molecule has 1 aliphatic rings. The number of aromatic nitrogens is 2. The van der Waals surface area contributed by atoms with Gasteiger partial charge in [-0.25, -0.2) is 9.97 Å². The molecule has 5 nitrogen and oxygen atoms in total.